The number of nitrogens with one attached hydrogen (secondary N) is 1. The van der Waals surface area contributed by atoms with Crippen LogP contribution in [0.4, 0.5) is 0 Å². The van der Waals surface area contributed by atoms with Gasteiger partial charge < -0.3 is 5.32 Å². The minimum Gasteiger partial charge on any atom is -0.313 e. The average Bonchev–Trinajstić information content (AvgIpc) is 2.21. The minimum atomic E-state index is -0.661. The largest absolute Gasteiger partial charge is 0.313 e. The highest BCUT2D eigenvalue weighted by Crippen LogP contribution is 2.08. The maximum Gasteiger partial charge on any atom is 0.0360 e. The molecular weight excluding hydrogens is 218 g/mol. The van der Waals surface area contributed by atoms with Gasteiger partial charge in [-0.1, -0.05) is 6.92 Å². The van der Waals surface area contributed by atoms with Crippen LogP contribution in [0.3, 0.4) is 0 Å². The topological polar surface area (TPSA) is 46.2 Å². The molecule has 1 rings (SSSR count). The van der Waals surface area contributed by atoms with Crippen LogP contribution in [0.25, 0.3) is 0 Å². The lowest BCUT2D eigenvalue weighted by Crippen LogP contribution is -2.37. The highest BCUT2D eigenvalue weighted by atomic mass is 32.2. The van der Waals surface area contributed by atoms with Crippen molar-refractivity contribution in [2.45, 2.75) is 25.8 Å². The molecule has 1 atom stereocenters. The fourth-order valence-corrected chi connectivity index (χ4v) is 3.45. The molecule has 0 aromatic heterocycles. The van der Waals surface area contributed by atoms with E-state index in [2.05, 4.69) is 5.32 Å². The summed E-state index contributed by atoms with van der Waals surface area (Å²) in [6.45, 7) is 2.78. The molecule has 0 aromatic carbocycles. The summed E-state index contributed by atoms with van der Waals surface area (Å²) in [5, 5.41) is 3.38. The van der Waals surface area contributed by atoms with Crippen molar-refractivity contribution in [1.82, 2.24) is 5.32 Å². The summed E-state index contributed by atoms with van der Waals surface area (Å²) < 4.78 is 22.2. The zero-order valence-electron chi connectivity index (χ0n) is 8.66. The molecule has 0 radical (unpaired) electrons. The molecular formula is C9H19NO2S2. The van der Waals surface area contributed by atoms with Gasteiger partial charge in [0.2, 0.25) is 0 Å². The van der Waals surface area contributed by atoms with E-state index in [0.29, 0.717) is 6.04 Å². The van der Waals surface area contributed by atoms with Crippen molar-refractivity contribution in [3.05, 3.63) is 0 Å². The Morgan fingerprint density at radius 3 is 2.64 bits per heavy atom. The number of rotatable bonds is 5. The van der Waals surface area contributed by atoms with Gasteiger partial charge in [-0.2, -0.15) is 0 Å². The SMILES string of the molecule is CCS(=O)CCNC1CCS(=O)CC1. The maximum atomic E-state index is 11.1. The second kappa shape index (κ2) is 6.69. The van der Waals surface area contributed by atoms with Crippen molar-refractivity contribution in [3.8, 4) is 0 Å². The van der Waals surface area contributed by atoms with Crippen molar-refractivity contribution < 1.29 is 8.42 Å². The quantitative estimate of drug-likeness (QED) is 0.746. The van der Waals surface area contributed by atoms with Crippen LogP contribution >= 0.6 is 0 Å². The zero-order valence-corrected chi connectivity index (χ0v) is 10.3. The molecule has 1 aliphatic heterocycles. The van der Waals surface area contributed by atoms with E-state index in [0.717, 1.165) is 42.4 Å². The molecule has 5 heteroatoms. The molecule has 0 saturated carbocycles. The molecule has 3 nitrogen and oxygen atoms in total. The third-order valence-electron chi connectivity index (χ3n) is 2.47. The molecule has 1 unspecified atom stereocenters. The van der Waals surface area contributed by atoms with E-state index < -0.39 is 21.6 Å². The summed E-state index contributed by atoms with van der Waals surface area (Å²) in [7, 11) is -1.24. The number of hydrogen-bond acceptors (Lipinski definition) is 3. The van der Waals surface area contributed by atoms with Gasteiger partial charge in [0.15, 0.2) is 0 Å². The average molecular weight is 237 g/mol. The van der Waals surface area contributed by atoms with Gasteiger partial charge in [-0.05, 0) is 12.8 Å². The van der Waals surface area contributed by atoms with Crippen molar-refractivity contribution in [1.29, 1.82) is 0 Å². The summed E-state index contributed by atoms with van der Waals surface area (Å²) in [6, 6.07) is 0.501. The Bertz CT molecular complexity index is 211. The molecule has 0 aromatic rings. The van der Waals surface area contributed by atoms with Gasteiger partial charge in [0, 0.05) is 57.2 Å². The first kappa shape index (κ1) is 12.3. The summed E-state index contributed by atoms with van der Waals surface area (Å²) in [4.78, 5) is 0. The van der Waals surface area contributed by atoms with E-state index >= 15 is 0 Å². The van der Waals surface area contributed by atoms with Crippen molar-refractivity contribution in [2.24, 2.45) is 0 Å². The van der Waals surface area contributed by atoms with E-state index in [4.69, 9.17) is 0 Å². The van der Waals surface area contributed by atoms with Crippen LogP contribution in [-0.4, -0.2) is 44.0 Å². The first-order valence-corrected chi connectivity index (χ1v) is 8.13. The fourth-order valence-electron chi connectivity index (χ4n) is 1.52. The van der Waals surface area contributed by atoms with Gasteiger partial charge in [0.05, 0.1) is 0 Å². The predicted octanol–water partition coefficient (Wildman–Crippen LogP) is 0.256. The first-order valence-electron chi connectivity index (χ1n) is 5.15. The smallest absolute Gasteiger partial charge is 0.0360 e. The zero-order chi connectivity index (χ0) is 10.4. The van der Waals surface area contributed by atoms with Gasteiger partial charge >= 0.3 is 0 Å². The molecule has 0 amide bonds. The summed E-state index contributed by atoms with van der Waals surface area (Å²) in [6.07, 6.45) is 2.01. The molecule has 1 aliphatic rings. The Morgan fingerprint density at radius 2 is 2.07 bits per heavy atom. The first-order chi connectivity index (χ1) is 6.72. The van der Waals surface area contributed by atoms with Crippen LogP contribution in [0.2, 0.25) is 0 Å². The van der Waals surface area contributed by atoms with E-state index in [1.807, 2.05) is 6.92 Å². The fraction of sp³-hybridized carbons (Fsp3) is 1.00. The van der Waals surface area contributed by atoms with Crippen LogP contribution < -0.4 is 5.32 Å². The highest BCUT2D eigenvalue weighted by molar-refractivity contribution is 7.85. The molecule has 0 aliphatic carbocycles. The molecule has 1 saturated heterocycles. The molecule has 0 bridgehead atoms. The third kappa shape index (κ3) is 4.66. The predicted molar refractivity (Wildman–Crippen MR) is 62.5 cm³/mol. The molecule has 1 fully saturated rings. The van der Waals surface area contributed by atoms with Crippen LogP contribution in [0.5, 0.6) is 0 Å². The van der Waals surface area contributed by atoms with E-state index in [9.17, 15) is 8.42 Å². The molecule has 1 N–H and O–H groups in total. The Balaban J connectivity index is 2.07. The van der Waals surface area contributed by atoms with E-state index in [1.165, 1.54) is 0 Å². The Morgan fingerprint density at radius 1 is 1.43 bits per heavy atom. The number of hydrogen-bond donors (Lipinski definition) is 1. The van der Waals surface area contributed by atoms with Crippen LogP contribution in [0, 0.1) is 0 Å². The standard InChI is InChI=1S/C9H19NO2S2/c1-2-13(11)8-5-10-9-3-6-14(12)7-4-9/h9-10H,2-8H2,1H3. The van der Waals surface area contributed by atoms with E-state index in [1.54, 1.807) is 0 Å². The molecule has 0 spiro atoms. The van der Waals surface area contributed by atoms with Crippen molar-refractivity contribution in [2.75, 3.05) is 29.6 Å². The second-order valence-electron chi connectivity index (χ2n) is 3.51. The molecule has 14 heavy (non-hydrogen) atoms. The lowest BCUT2D eigenvalue weighted by atomic mass is 10.1. The van der Waals surface area contributed by atoms with Crippen molar-refractivity contribution in [3.63, 3.8) is 0 Å². The lowest BCUT2D eigenvalue weighted by Gasteiger charge is -2.22. The Kier molecular flexibility index (Phi) is 5.89. The van der Waals surface area contributed by atoms with Crippen LogP contribution in [-0.2, 0) is 21.6 Å². The van der Waals surface area contributed by atoms with Crippen molar-refractivity contribution >= 4 is 21.6 Å². The van der Waals surface area contributed by atoms with Gasteiger partial charge in [-0.3, -0.25) is 8.42 Å². The van der Waals surface area contributed by atoms with Crippen LogP contribution in [0.15, 0.2) is 0 Å². The Hall–Kier alpha value is 0.260. The highest BCUT2D eigenvalue weighted by Gasteiger charge is 2.16. The Labute approximate surface area is 91.0 Å². The molecule has 84 valence electrons. The molecule has 1 heterocycles. The summed E-state index contributed by atoms with van der Waals surface area (Å²) >= 11 is 0. The summed E-state index contributed by atoms with van der Waals surface area (Å²) in [5.41, 5.74) is 0. The van der Waals surface area contributed by atoms with Crippen LogP contribution in [0.1, 0.15) is 19.8 Å². The normalized spacial score (nSPS) is 30.1. The second-order valence-corrected chi connectivity index (χ2v) is 7.07. The van der Waals surface area contributed by atoms with Gasteiger partial charge in [-0.25, -0.2) is 0 Å². The van der Waals surface area contributed by atoms with Gasteiger partial charge in [0.25, 0.3) is 0 Å². The third-order valence-corrected chi connectivity index (χ3v) is 5.16. The van der Waals surface area contributed by atoms with Gasteiger partial charge in [0.1, 0.15) is 0 Å². The lowest BCUT2D eigenvalue weighted by molar-refractivity contribution is 0.490. The van der Waals surface area contributed by atoms with Gasteiger partial charge in [-0.15, -0.1) is 0 Å². The van der Waals surface area contributed by atoms with E-state index in [-0.39, 0.29) is 0 Å². The summed E-state index contributed by atoms with van der Waals surface area (Å²) in [5.74, 6) is 3.15. The minimum absolute atomic E-state index is 0.501. The monoisotopic (exact) mass is 237 g/mol. The maximum absolute atomic E-state index is 11.1.